The van der Waals surface area contributed by atoms with Crippen molar-refractivity contribution in [3.8, 4) is 0 Å². The number of rotatable bonds is 4. The minimum Gasteiger partial charge on any atom is -0.389 e. The molecule has 3 N–H and O–H groups in total. The third kappa shape index (κ3) is 6.03. The second kappa shape index (κ2) is 4.98. The van der Waals surface area contributed by atoms with Gasteiger partial charge in [0, 0.05) is 12.2 Å². The second-order valence-electron chi connectivity index (χ2n) is 2.21. The summed E-state index contributed by atoms with van der Waals surface area (Å²) in [4.78, 5) is 0. The standard InChI is InChI=1S/C5H14NO2P/c1-5(6)2-3-9(8)4-7/h5,7,9H,2-4,6H2,1H3. The molecular formula is C5H14NO2P. The van der Waals surface area contributed by atoms with E-state index in [9.17, 15) is 4.57 Å². The Kier molecular flexibility index (Phi) is 5.06. The zero-order valence-electron chi connectivity index (χ0n) is 5.63. The van der Waals surface area contributed by atoms with Gasteiger partial charge in [-0.3, -0.25) is 0 Å². The van der Waals surface area contributed by atoms with Gasteiger partial charge in [0.05, 0.1) is 6.35 Å². The molecule has 0 bridgehead atoms. The molecular weight excluding hydrogens is 137 g/mol. The third-order valence-corrected chi connectivity index (χ3v) is 2.25. The van der Waals surface area contributed by atoms with Gasteiger partial charge in [0.25, 0.3) is 0 Å². The first-order valence-electron chi connectivity index (χ1n) is 3.05. The summed E-state index contributed by atoms with van der Waals surface area (Å²) in [5.74, 6) is 0. The van der Waals surface area contributed by atoms with Crippen LogP contribution >= 0.6 is 7.80 Å². The lowest BCUT2D eigenvalue weighted by Gasteiger charge is -2.01. The molecule has 0 aliphatic heterocycles. The van der Waals surface area contributed by atoms with Crippen LogP contribution in [-0.2, 0) is 4.57 Å². The minimum absolute atomic E-state index is 0.102. The number of nitrogens with two attached hydrogens (primary N) is 1. The lowest BCUT2D eigenvalue weighted by Crippen LogP contribution is -2.15. The molecule has 0 aromatic rings. The Morgan fingerprint density at radius 3 is 2.67 bits per heavy atom. The summed E-state index contributed by atoms with van der Waals surface area (Å²) < 4.78 is 10.6. The maximum atomic E-state index is 10.6. The van der Waals surface area contributed by atoms with Crippen LogP contribution in [0.4, 0.5) is 0 Å². The molecule has 0 rings (SSSR count). The first-order chi connectivity index (χ1) is 4.16. The van der Waals surface area contributed by atoms with Gasteiger partial charge in [0.2, 0.25) is 0 Å². The van der Waals surface area contributed by atoms with Crippen LogP contribution < -0.4 is 5.73 Å². The fraction of sp³-hybridized carbons (Fsp3) is 1.00. The number of aliphatic hydroxyl groups excluding tert-OH is 1. The molecule has 0 heterocycles. The summed E-state index contributed by atoms with van der Waals surface area (Å²) >= 11 is 0. The van der Waals surface area contributed by atoms with Crippen molar-refractivity contribution in [2.75, 3.05) is 12.5 Å². The van der Waals surface area contributed by atoms with Crippen LogP contribution in [0.15, 0.2) is 0 Å². The molecule has 56 valence electrons. The van der Waals surface area contributed by atoms with Crippen molar-refractivity contribution >= 4 is 7.80 Å². The van der Waals surface area contributed by atoms with Gasteiger partial charge in [0.1, 0.15) is 7.80 Å². The Bertz CT molecular complexity index is 95.0. The largest absolute Gasteiger partial charge is 0.389 e. The summed E-state index contributed by atoms with van der Waals surface area (Å²) in [6.45, 7) is 1.87. The van der Waals surface area contributed by atoms with Gasteiger partial charge in [-0.1, -0.05) is 0 Å². The van der Waals surface area contributed by atoms with Crippen molar-refractivity contribution in [3.63, 3.8) is 0 Å². The van der Waals surface area contributed by atoms with Gasteiger partial charge in [-0.2, -0.15) is 0 Å². The van der Waals surface area contributed by atoms with Crippen molar-refractivity contribution < 1.29 is 9.67 Å². The SMILES string of the molecule is CC(N)CC[PH](=O)CO. The normalized spacial score (nSPS) is 17.2. The van der Waals surface area contributed by atoms with E-state index in [-0.39, 0.29) is 12.4 Å². The molecule has 0 aromatic heterocycles. The summed E-state index contributed by atoms with van der Waals surface area (Å²) in [6, 6.07) is 0.102. The zero-order chi connectivity index (χ0) is 7.28. The highest BCUT2D eigenvalue weighted by molar-refractivity contribution is 7.44. The van der Waals surface area contributed by atoms with Crippen molar-refractivity contribution in [3.05, 3.63) is 0 Å². The quantitative estimate of drug-likeness (QED) is 0.565. The van der Waals surface area contributed by atoms with Gasteiger partial charge >= 0.3 is 0 Å². The molecule has 0 amide bonds. The molecule has 0 aliphatic carbocycles. The molecule has 0 saturated carbocycles. The predicted molar refractivity (Wildman–Crippen MR) is 39.2 cm³/mol. The number of hydrogen-bond donors (Lipinski definition) is 2. The fourth-order valence-electron chi connectivity index (χ4n) is 0.468. The summed E-state index contributed by atoms with van der Waals surface area (Å²) in [6.07, 6.45) is 1.16. The molecule has 0 radical (unpaired) electrons. The van der Waals surface area contributed by atoms with Crippen LogP contribution in [0, 0.1) is 0 Å². The molecule has 4 heteroatoms. The second-order valence-corrected chi connectivity index (χ2v) is 4.11. The van der Waals surface area contributed by atoms with Crippen molar-refractivity contribution in [1.29, 1.82) is 0 Å². The molecule has 0 fully saturated rings. The lowest BCUT2D eigenvalue weighted by atomic mass is 10.3. The van der Waals surface area contributed by atoms with Crippen molar-refractivity contribution in [1.82, 2.24) is 0 Å². The maximum absolute atomic E-state index is 10.6. The average molecular weight is 151 g/mol. The van der Waals surface area contributed by atoms with Gasteiger partial charge in [0.15, 0.2) is 0 Å². The Morgan fingerprint density at radius 1 is 1.78 bits per heavy atom. The number of aliphatic hydroxyl groups is 1. The first-order valence-corrected chi connectivity index (χ1v) is 4.87. The van der Waals surface area contributed by atoms with Gasteiger partial charge in [-0.25, -0.2) is 0 Å². The van der Waals surface area contributed by atoms with Gasteiger partial charge in [-0.05, 0) is 13.3 Å². The van der Waals surface area contributed by atoms with E-state index in [1.807, 2.05) is 6.92 Å². The average Bonchev–Trinajstić information content (AvgIpc) is 1.83. The maximum Gasteiger partial charge on any atom is 0.100 e. The predicted octanol–water partition coefficient (Wildman–Crippen LogP) is 0.233. The monoisotopic (exact) mass is 151 g/mol. The first kappa shape index (κ1) is 9.15. The fourth-order valence-corrected chi connectivity index (χ4v) is 1.40. The highest BCUT2D eigenvalue weighted by atomic mass is 31.1. The molecule has 0 aliphatic rings. The number of hydrogen-bond acceptors (Lipinski definition) is 3. The molecule has 0 aromatic carbocycles. The molecule has 9 heavy (non-hydrogen) atoms. The summed E-state index contributed by atoms with van der Waals surface area (Å²) in [5.41, 5.74) is 5.39. The minimum atomic E-state index is -1.70. The molecule has 3 nitrogen and oxygen atoms in total. The van der Waals surface area contributed by atoms with Crippen molar-refractivity contribution in [2.45, 2.75) is 19.4 Å². The topological polar surface area (TPSA) is 63.3 Å². The Hall–Kier alpha value is 0.150. The summed E-state index contributed by atoms with van der Waals surface area (Å²) in [5, 5.41) is 8.34. The van der Waals surface area contributed by atoms with E-state index < -0.39 is 7.80 Å². The van der Waals surface area contributed by atoms with E-state index in [1.165, 1.54) is 0 Å². The van der Waals surface area contributed by atoms with Crippen molar-refractivity contribution in [2.24, 2.45) is 5.73 Å². The van der Waals surface area contributed by atoms with Crippen LogP contribution in [0.25, 0.3) is 0 Å². The highest BCUT2D eigenvalue weighted by Gasteiger charge is 1.98. The van der Waals surface area contributed by atoms with Gasteiger partial charge < -0.3 is 15.4 Å². The Balaban J connectivity index is 3.17. The van der Waals surface area contributed by atoms with Gasteiger partial charge in [-0.15, -0.1) is 0 Å². The van der Waals surface area contributed by atoms with E-state index in [1.54, 1.807) is 0 Å². The van der Waals surface area contributed by atoms with Crippen LogP contribution in [0.2, 0.25) is 0 Å². The third-order valence-electron chi connectivity index (χ3n) is 1.05. The van der Waals surface area contributed by atoms with E-state index >= 15 is 0 Å². The Labute approximate surface area is 56.0 Å². The molecule has 0 saturated heterocycles. The van der Waals surface area contributed by atoms with Crippen LogP contribution in [0.5, 0.6) is 0 Å². The van der Waals surface area contributed by atoms with Crippen LogP contribution in [-0.4, -0.2) is 23.7 Å². The van der Waals surface area contributed by atoms with Crippen LogP contribution in [0.3, 0.4) is 0 Å². The lowest BCUT2D eigenvalue weighted by molar-refractivity contribution is 0.362. The Morgan fingerprint density at radius 2 is 2.33 bits per heavy atom. The molecule has 0 spiro atoms. The zero-order valence-corrected chi connectivity index (χ0v) is 6.63. The highest BCUT2D eigenvalue weighted by Crippen LogP contribution is 2.18. The van der Waals surface area contributed by atoms with Crippen LogP contribution in [0.1, 0.15) is 13.3 Å². The van der Waals surface area contributed by atoms with E-state index in [4.69, 9.17) is 10.8 Å². The molecule has 2 unspecified atom stereocenters. The van der Waals surface area contributed by atoms with E-state index in [0.717, 1.165) is 6.42 Å². The van der Waals surface area contributed by atoms with E-state index in [0.29, 0.717) is 6.16 Å². The van der Waals surface area contributed by atoms with E-state index in [2.05, 4.69) is 0 Å². The molecule has 2 atom stereocenters. The summed E-state index contributed by atoms with van der Waals surface area (Å²) in [7, 11) is -1.70. The smallest absolute Gasteiger partial charge is 0.100 e.